The number of aliphatic imine (C=N–C) groups is 1. The summed E-state index contributed by atoms with van der Waals surface area (Å²) in [6, 6.07) is 1.12. The molecule has 0 radical (unpaired) electrons. The highest BCUT2D eigenvalue weighted by Gasteiger charge is 2.28. The van der Waals surface area contributed by atoms with Crippen LogP contribution in [0.3, 0.4) is 0 Å². The van der Waals surface area contributed by atoms with Crippen LogP contribution in [0.2, 0.25) is 0 Å². The van der Waals surface area contributed by atoms with E-state index in [1.54, 1.807) is 0 Å². The van der Waals surface area contributed by atoms with E-state index in [4.69, 9.17) is 10.5 Å². The Hall–Kier alpha value is -0.810. The summed E-state index contributed by atoms with van der Waals surface area (Å²) in [6.07, 6.45) is 3.68. The molecule has 20 heavy (non-hydrogen) atoms. The van der Waals surface area contributed by atoms with Crippen molar-refractivity contribution in [3.63, 3.8) is 0 Å². The Morgan fingerprint density at radius 2 is 2.00 bits per heavy atom. The number of hydrogen-bond acceptors (Lipinski definition) is 3. The van der Waals surface area contributed by atoms with E-state index in [2.05, 4.69) is 35.7 Å². The minimum Gasteiger partial charge on any atom is -0.379 e. The van der Waals surface area contributed by atoms with E-state index < -0.39 is 0 Å². The Kier molecular flexibility index (Phi) is 5.66. The van der Waals surface area contributed by atoms with Gasteiger partial charge in [-0.05, 0) is 25.2 Å². The lowest BCUT2D eigenvalue weighted by Gasteiger charge is -2.34. The summed E-state index contributed by atoms with van der Waals surface area (Å²) < 4.78 is 5.45. The maximum absolute atomic E-state index is 6.10. The fourth-order valence-corrected chi connectivity index (χ4v) is 2.79. The molecule has 0 spiro atoms. The van der Waals surface area contributed by atoms with Gasteiger partial charge in [-0.2, -0.15) is 0 Å². The van der Waals surface area contributed by atoms with Crippen molar-refractivity contribution in [2.45, 2.75) is 45.2 Å². The Morgan fingerprint density at radius 1 is 1.35 bits per heavy atom. The van der Waals surface area contributed by atoms with Crippen LogP contribution in [-0.2, 0) is 4.74 Å². The van der Waals surface area contributed by atoms with E-state index in [-0.39, 0.29) is 0 Å². The van der Waals surface area contributed by atoms with Gasteiger partial charge in [0.05, 0.1) is 19.8 Å². The lowest BCUT2D eigenvalue weighted by molar-refractivity contribution is 0.0142. The molecule has 0 aromatic heterocycles. The van der Waals surface area contributed by atoms with Gasteiger partial charge in [0.1, 0.15) is 0 Å². The standard InChI is InChI=1S/C15H30N4O/c1-12(2)10-14(19-6-8-20-9-7-19)11-17-15(16)18(3)13-4-5-13/h12-14H,4-11H2,1-3H3,(H2,16,17). The van der Waals surface area contributed by atoms with E-state index in [0.29, 0.717) is 24.0 Å². The topological polar surface area (TPSA) is 54.1 Å². The molecule has 1 heterocycles. The summed E-state index contributed by atoms with van der Waals surface area (Å²) in [5.74, 6) is 1.38. The lowest BCUT2D eigenvalue weighted by atomic mass is 10.0. The summed E-state index contributed by atoms with van der Waals surface area (Å²) in [5.41, 5.74) is 6.10. The second-order valence-corrected chi connectivity index (χ2v) is 6.47. The molecule has 1 aliphatic carbocycles. The van der Waals surface area contributed by atoms with E-state index in [1.165, 1.54) is 19.3 Å². The average molecular weight is 282 g/mol. The molecule has 5 heteroatoms. The normalized spacial score (nSPS) is 23.1. The first-order valence-corrected chi connectivity index (χ1v) is 7.92. The zero-order valence-corrected chi connectivity index (χ0v) is 13.2. The Balaban J connectivity index is 1.90. The molecule has 1 saturated heterocycles. The number of nitrogens with two attached hydrogens (primary N) is 1. The first kappa shape index (κ1) is 15.6. The van der Waals surface area contributed by atoms with Gasteiger partial charge in [0.25, 0.3) is 0 Å². The van der Waals surface area contributed by atoms with E-state index >= 15 is 0 Å². The smallest absolute Gasteiger partial charge is 0.191 e. The van der Waals surface area contributed by atoms with Gasteiger partial charge in [0.2, 0.25) is 0 Å². The Labute approximate surface area is 123 Å². The SMILES string of the molecule is CC(C)CC(CN=C(N)N(C)C1CC1)N1CCOCC1. The summed E-state index contributed by atoms with van der Waals surface area (Å²) in [4.78, 5) is 9.29. The molecule has 2 N–H and O–H groups in total. The highest BCUT2D eigenvalue weighted by Crippen LogP contribution is 2.25. The lowest BCUT2D eigenvalue weighted by Crippen LogP contribution is -2.46. The van der Waals surface area contributed by atoms with Gasteiger partial charge >= 0.3 is 0 Å². The second-order valence-electron chi connectivity index (χ2n) is 6.47. The van der Waals surface area contributed by atoms with Gasteiger partial charge in [-0.25, -0.2) is 0 Å². The van der Waals surface area contributed by atoms with Crippen molar-refractivity contribution >= 4 is 5.96 Å². The molecule has 2 rings (SSSR count). The molecule has 0 aromatic rings. The van der Waals surface area contributed by atoms with E-state index in [1.807, 2.05) is 0 Å². The van der Waals surface area contributed by atoms with Gasteiger partial charge < -0.3 is 15.4 Å². The van der Waals surface area contributed by atoms with Crippen molar-refractivity contribution in [3.05, 3.63) is 0 Å². The van der Waals surface area contributed by atoms with Crippen molar-refractivity contribution in [3.8, 4) is 0 Å². The molecule has 1 unspecified atom stereocenters. The van der Waals surface area contributed by atoms with Crippen LogP contribution in [0.15, 0.2) is 4.99 Å². The third kappa shape index (κ3) is 4.63. The molecule has 0 aromatic carbocycles. The van der Waals surface area contributed by atoms with Crippen molar-refractivity contribution in [1.29, 1.82) is 0 Å². The third-order valence-corrected chi connectivity index (χ3v) is 4.23. The number of rotatable bonds is 6. The molecule has 1 atom stereocenters. The van der Waals surface area contributed by atoms with Crippen LogP contribution in [0.1, 0.15) is 33.1 Å². The van der Waals surface area contributed by atoms with E-state index in [0.717, 1.165) is 32.8 Å². The quantitative estimate of drug-likeness (QED) is 0.586. The van der Waals surface area contributed by atoms with Crippen LogP contribution in [0, 0.1) is 5.92 Å². The van der Waals surface area contributed by atoms with Crippen LogP contribution in [0.5, 0.6) is 0 Å². The van der Waals surface area contributed by atoms with Crippen molar-refractivity contribution < 1.29 is 4.74 Å². The maximum Gasteiger partial charge on any atom is 0.191 e. The zero-order valence-electron chi connectivity index (χ0n) is 13.2. The average Bonchev–Trinajstić information content (AvgIpc) is 3.27. The summed E-state index contributed by atoms with van der Waals surface area (Å²) >= 11 is 0. The van der Waals surface area contributed by atoms with Gasteiger partial charge in [0, 0.05) is 32.2 Å². The molecule has 1 aliphatic heterocycles. The third-order valence-electron chi connectivity index (χ3n) is 4.23. The molecule has 2 aliphatic rings. The first-order chi connectivity index (χ1) is 9.58. The molecule has 0 amide bonds. The largest absolute Gasteiger partial charge is 0.379 e. The van der Waals surface area contributed by atoms with E-state index in [9.17, 15) is 0 Å². The highest BCUT2D eigenvalue weighted by molar-refractivity contribution is 5.78. The fraction of sp³-hybridized carbons (Fsp3) is 0.933. The predicted octanol–water partition coefficient (Wildman–Crippen LogP) is 1.14. The predicted molar refractivity (Wildman–Crippen MR) is 82.9 cm³/mol. The summed E-state index contributed by atoms with van der Waals surface area (Å²) in [7, 11) is 2.06. The van der Waals surface area contributed by atoms with Gasteiger partial charge in [-0.15, -0.1) is 0 Å². The number of hydrogen-bond donors (Lipinski definition) is 1. The number of guanidine groups is 1. The summed E-state index contributed by atoms with van der Waals surface area (Å²) in [5, 5.41) is 0. The van der Waals surface area contributed by atoms with Crippen LogP contribution < -0.4 is 5.73 Å². The molecule has 5 nitrogen and oxygen atoms in total. The van der Waals surface area contributed by atoms with Crippen molar-refractivity contribution in [2.24, 2.45) is 16.6 Å². The molecule has 0 bridgehead atoms. The Bertz CT molecular complexity index is 322. The van der Waals surface area contributed by atoms with Crippen molar-refractivity contribution in [1.82, 2.24) is 9.80 Å². The molecular weight excluding hydrogens is 252 g/mol. The monoisotopic (exact) mass is 282 g/mol. The Morgan fingerprint density at radius 3 is 2.55 bits per heavy atom. The highest BCUT2D eigenvalue weighted by atomic mass is 16.5. The van der Waals surface area contributed by atoms with Crippen LogP contribution >= 0.6 is 0 Å². The number of nitrogens with zero attached hydrogens (tertiary/aromatic N) is 3. The van der Waals surface area contributed by atoms with Gasteiger partial charge in [-0.1, -0.05) is 13.8 Å². The van der Waals surface area contributed by atoms with Crippen LogP contribution in [-0.4, -0.2) is 67.7 Å². The molecular formula is C15H30N4O. The minimum absolute atomic E-state index is 0.491. The summed E-state index contributed by atoms with van der Waals surface area (Å²) in [6.45, 7) is 9.08. The van der Waals surface area contributed by atoms with Gasteiger partial charge in [0.15, 0.2) is 5.96 Å². The second kappa shape index (κ2) is 7.27. The zero-order chi connectivity index (χ0) is 14.5. The van der Waals surface area contributed by atoms with Gasteiger partial charge in [-0.3, -0.25) is 9.89 Å². The molecule has 1 saturated carbocycles. The fourth-order valence-electron chi connectivity index (χ4n) is 2.79. The van der Waals surface area contributed by atoms with Crippen LogP contribution in [0.25, 0.3) is 0 Å². The molecule has 116 valence electrons. The van der Waals surface area contributed by atoms with Crippen molar-refractivity contribution in [2.75, 3.05) is 39.9 Å². The molecule has 2 fully saturated rings. The number of morpholine rings is 1. The maximum atomic E-state index is 6.10. The van der Waals surface area contributed by atoms with Crippen LogP contribution in [0.4, 0.5) is 0 Å². The first-order valence-electron chi connectivity index (χ1n) is 7.92. The minimum atomic E-state index is 0.491. The number of ether oxygens (including phenoxy) is 1.